The van der Waals surface area contributed by atoms with E-state index in [1.165, 1.54) is 97.2 Å². The molecular formula is C56H76N10O3. The molecule has 6 aliphatic heterocycles. The third-order valence-electron chi connectivity index (χ3n) is 17.1. The minimum atomic E-state index is 0.138. The largest absolute Gasteiger partial charge is 0.473 e. The normalized spacial score (nSPS) is 22.4. The van der Waals surface area contributed by atoms with Gasteiger partial charge in [-0.3, -0.25) is 9.89 Å². The molecule has 1 N–H and O–H groups in total. The first-order chi connectivity index (χ1) is 33.6. The molecule has 1 spiro atoms. The molecule has 0 unspecified atom stereocenters. The molecule has 1 aliphatic carbocycles. The molecule has 1 atom stereocenters. The Bertz CT molecular complexity index is 2440. The van der Waals surface area contributed by atoms with E-state index in [0.717, 1.165) is 133 Å². The predicted octanol–water partition coefficient (Wildman–Crippen LogP) is 9.57. The van der Waals surface area contributed by atoms with Crippen molar-refractivity contribution in [2.45, 2.75) is 149 Å². The van der Waals surface area contributed by atoms with E-state index in [1.807, 2.05) is 24.0 Å². The Balaban J connectivity index is 0.000000169. The van der Waals surface area contributed by atoms with Crippen LogP contribution in [0.1, 0.15) is 142 Å². The summed E-state index contributed by atoms with van der Waals surface area (Å²) < 4.78 is 11.8. The van der Waals surface area contributed by atoms with Crippen LogP contribution >= 0.6 is 0 Å². The Kier molecular flexibility index (Phi) is 14.5. The maximum absolute atomic E-state index is 11.9. The molecule has 368 valence electrons. The predicted molar refractivity (Wildman–Crippen MR) is 273 cm³/mol. The topological polar surface area (TPSA) is 130 Å². The molecule has 4 aromatic rings. The lowest BCUT2D eigenvalue weighted by Crippen LogP contribution is -2.42. The van der Waals surface area contributed by atoms with Crippen molar-refractivity contribution in [3.05, 3.63) is 81.5 Å². The number of hydrogen-bond donors (Lipinski definition) is 1. The van der Waals surface area contributed by atoms with Crippen LogP contribution in [0.4, 0.5) is 23.0 Å². The average molecular weight is 937 g/mol. The van der Waals surface area contributed by atoms with Crippen LogP contribution in [0.2, 0.25) is 0 Å². The molecule has 13 nitrogen and oxygen atoms in total. The van der Waals surface area contributed by atoms with E-state index in [0.29, 0.717) is 29.8 Å². The third-order valence-corrected chi connectivity index (χ3v) is 17.1. The first-order valence-corrected chi connectivity index (χ1v) is 26.7. The summed E-state index contributed by atoms with van der Waals surface area (Å²) in [7, 11) is 0. The second-order valence-electron chi connectivity index (χ2n) is 21.8. The number of fused-ring (bicyclic) bond motifs is 2. The summed E-state index contributed by atoms with van der Waals surface area (Å²) in [4.78, 5) is 23.8. The van der Waals surface area contributed by atoms with E-state index >= 15 is 0 Å². The van der Waals surface area contributed by atoms with Crippen LogP contribution in [0.3, 0.4) is 0 Å². The van der Waals surface area contributed by atoms with Crippen LogP contribution in [-0.4, -0.2) is 114 Å². The Morgan fingerprint density at radius 2 is 1.68 bits per heavy atom. The molecule has 69 heavy (non-hydrogen) atoms. The summed E-state index contributed by atoms with van der Waals surface area (Å²) in [6.07, 6.45) is 18.5. The smallest absolute Gasteiger partial charge is 0.233 e. The summed E-state index contributed by atoms with van der Waals surface area (Å²) >= 11 is 0. The fourth-order valence-corrected chi connectivity index (χ4v) is 13.0. The van der Waals surface area contributed by atoms with E-state index < -0.39 is 0 Å². The molecule has 13 heteroatoms. The number of carbonyl (C=O) groups is 1. The second-order valence-corrected chi connectivity index (χ2v) is 21.8. The van der Waals surface area contributed by atoms with Crippen LogP contribution in [0.25, 0.3) is 0 Å². The molecule has 5 fully saturated rings. The Morgan fingerprint density at radius 1 is 0.884 bits per heavy atom. The average Bonchev–Trinajstić information content (AvgIpc) is 3.95. The SMILES string of the molecule is CC(=O)N1CCc2[nH]nc(N3CCCc4cc(C5CCOCC5)c(C)cc43)c2C1.Cc1cc(N2CC3(CCN(c4ccc(OC5CCN(CC6CCCCC6)CC5)nn4)CC3)C[C@@H]2C)ccc1C#N. The maximum atomic E-state index is 11.9. The number of nitrogens with one attached hydrogen (secondary N) is 1. The third kappa shape index (κ3) is 10.6. The van der Waals surface area contributed by atoms with Gasteiger partial charge in [-0.15, -0.1) is 10.2 Å². The number of ether oxygens (including phenoxy) is 2. The van der Waals surface area contributed by atoms with Crippen molar-refractivity contribution in [2.75, 3.05) is 80.3 Å². The molecule has 2 aromatic heterocycles. The van der Waals surface area contributed by atoms with Crippen molar-refractivity contribution in [1.82, 2.24) is 30.2 Å². The van der Waals surface area contributed by atoms with Gasteiger partial charge in [0.15, 0.2) is 11.6 Å². The van der Waals surface area contributed by atoms with Crippen molar-refractivity contribution in [2.24, 2.45) is 11.3 Å². The zero-order chi connectivity index (χ0) is 47.5. The van der Waals surface area contributed by atoms with Gasteiger partial charge in [0, 0.05) is 114 Å². The number of carbonyl (C=O) groups excluding carboxylic acids is 1. The van der Waals surface area contributed by atoms with Crippen molar-refractivity contribution in [3.8, 4) is 11.9 Å². The van der Waals surface area contributed by atoms with Gasteiger partial charge in [0.2, 0.25) is 11.8 Å². The molecule has 0 radical (unpaired) electrons. The lowest BCUT2D eigenvalue weighted by atomic mass is 9.77. The van der Waals surface area contributed by atoms with Gasteiger partial charge in [0.25, 0.3) is 0 Å². The maximum Gasteiger partial charge on any atom is 0.233 e. The number of nitriles is 1. The van der Waals surface area contributed by atoms with E-state index in [2.05, 4.69) is 85.1 Å². The number of hydrogen-bond acceptors (Lipinski definition) is 11. The van der Waals surface area contributed by atoms with Crippen LogP contribution in [0.15, 0.2) is 42.5 Å². The highest BCUT2D eigenvalue weighted by molar-refractivity contribution is 5.75. The Morgan fingerprint density at radius 3 is 2.41 bits per heavy atom. The highest BCUT2D eigenvalue weighted by Crippen LogP contribution is 2.46. The van der Waals surface area contributed by atoms with Gasteiger partial charge < -0.3 is 34.0 Å². The van der Waals surface area contributed by atoms with Crippen LogP contribution in [0.5, 0.6) is 5.88 Å². The fourth-order valence-electron chi connectivity index (χ4n) is 13.0. The number of piperidine rings is 2. The highest BCUT2D eigenvalue weighted by atomic mass is 16.5. The summed E-state index contributed by atoms with van der Waals surface area (Å²) in [5.41, 5.74) is 11.4. The quantitative estimate of drug-likeness (QED) is 0.181. The summed E-state index contributed by atoms with van der Waals surface area (Å²) in [5.74, 6) is 4.31. The van der Waals surface area contributed by atoms with Gasteiger partial charge in [-0.2, -0.15) is 10.4 Å². The van der Waals surface area contributed by atoms with Crippen molar-refractivity contribution in [1.29, 1.82) is 5.26 Å². The monoisotopic (exact) mass is 937 g/mol. The van der Waals surface area contributed by atoms with Crippen molar-refractivity contribution in [3.63, 3.8) is 0 Å². The van der Waals surface area contributed by atoms with Crippen LogP contribution in [0, 0.1) is 36.5 Å². The molecule has 11 rings (SSSR count). The molecule has 0 bridgehead atoms. The van der Waals surface area contributed by atoms with Crippen LogP contribution in [-0.2, 0) is 28.9 Å². The first kappa shape index (κ1) is 47.5. The van der Waals surface area contributed by atoms with Crippen molar-refractivity contribution >= 4 is 28.9 Å². The Labute approximate surface area is 410 Å². The van der Waals surface area contributed by atoms with Gasteiger partial charge in [-0.1, -0.05) is 25.3 Å². The zero-order valence-corrected chi connectivity index (χ0v) is 42.0. The lowest BCUT2D eigenvalue weighted by Gasteiger charge is -2.39. The molecule has 4 saturated heterocycles. The van der Waals surface area contributed by atoms with Gasteiger partial charge in [-0.05, 0) is 161 Å². The van der Waals surface area contributed by atoms with Gasteiger partial charge >= 0.3 is 0 Å². The number of nitrogens with zero attached hydrogens (tertiary/aromatic N) is 9. The molecular weight excluding hydrogens is 861 g/mol. The van der Waals surface area contributed by atoms with Gasteiger partial charge in [0.05, 0.1) is 18.2 Å². The minimum Gasteiger partial charge on any atom is -0.473 e. The van der Waals surface area contributed by atoms with E-state index in [1.54, 1.807) is 6.92 Å². The summed E-state index contributed by atoms with van der Waals surface area (Å²) in [5, 5.41) is 26.3. The fraction of sp³-hybridized carbons (Fsp3) is 0.625. The molecule has 1 saturated carbocycles. The molecule has 7 aliphatic rings. The number of H-pyrrole nitrogens is 1. The highest BCUT2D eigenvalue weighted by Gasteiger charge is 2.44. The van der Waals surface area contributed by atoms with E-state index in [4.69, 9.17) is 14.6 Å². The van der Waals surface area contributed by atoms with Gasteiger partial charge in [-0.25, -0.2) is 0 Å². The summed E-state index contributed by atoms with van der Waals surface area (Å²) in [6.45, 7) is 19.1. The van der Waals surface area contributed by atoms with Crippen molar-refractivity contribution < 1.29 is 14.3 Å². The molecule has 2 aromatic carbocycles. The Hall–Kier alpha value is -5.19. The number of amides is 1. The zero-order valence-electron chi connectivity index (χ0n) is 42.0. The van der Waals surface area contributed by atoms with Gasteiger partial charge in [0.1, 0.15) is 6.10 Å². The molecule has 1 amide bonds. The number of aromatic nitrogens is 4. The number of benzene rings is 2. The summed E-state index contributed by atoms with van der Waals surface area (Å²) in [6, 6.07) is 18.0. The van der Waals surface area contributed by atoms with E-state index in [-0.39, 0.29) is 12.0 Å². The number of aromatic amines is 1. The lowest BCUT2D eigenvalue weighted by molar-refractivity contribution is -0.129. The number of likely N-dealkylation sites (tertiary alicyclic amines) is 1. The standard InChI is InChI=1S/C33H46N6O.C23H30N4O2/c1-25-20-29(9-8-28(25)22-34)39-24-33(21-26(39)2)14-18-38(19-15-33)31-10-11-32(36-35-31)40-30-12-16-37(17-13-30)23-27-6-4-3-5-7-27;1-15-12-22-18(13-19(15)17-6-10-29-11-7-17)4-3-8-27(22)23-20-14-26(16(2)28)9-5-21(20)24-25-23/h8-11,20,26-27,30H,3-7,12-19,21,23-24H2,1-2H3;12-13,17H,3-11,14H2,1-2H3,(H,24,25)/t26-;/m0./s1. The number of anilines is 4. The second kappa shape index (κ2) is 21.0. The molecule has 8 heterocycles. The minimum absolute atomic E-state index is 0.138. The first-order valence-electron chi connectivity index (χ1n) is 26.7. The van der Waals surface area contributed by atoms with Crippen LogP contribution < -0.4 is 19.4 Å². The number of aryl methyl sites for hydroxylation is 3. The van der Waals surface area contributed by atoms with E-state index in [9.17, 15) is 10.1 Å². The number of rotatable bonds is 8.